The van der Waals surface area contributed by atoms with Gasteiger partial charge in [-0.3, -0.25) is 4.98 Å². The van der Waals surface area contributed by atoms with Crippen molar-refractivity contribution in [1.82, 2.24) is 10.3 Å². The van der Waals surface area contributed by atoms with E-state index in [9.17, 15) is 8.42 Å². The maximum Gasteiger partial charge on any atom is 0.152 e. The average molecular weight is 311 g/mol. The van der Waals surface area contributed by atoms with Crippen molar-refractivity contribution in [3.05, 3.63) is 23.5 Å². The van der Waals surface area contributed by atoms with Gasteiger partial charge in [-0.25, -0.2) is 8.42 Å². The second kappa shape index (κ2) is 7.22. The molecule has 0 aliphatic carbocycles. The average Bonchev–Trinajstić information content (AvgIpc) is 2.61. The normalized spacial score (nSPS) is 18.5. The molecule has 2 heterocycles. The van der Waals surface area contributed by atoms with Crippen LogP contribution in [-0.4, -0.2) is 44.5 Å². The molecule has 1 aliphatic heterocycles. The molecule has 1 saturated heterocycles. The van der Waals surface area contributed by atoms with Gasteiger partial charge in [0, 0.05) is 42.8 Å². The summed E-state index contributed by atoms with van der Waals surface area (Å²) in [5, 5.41) is 3.40. The maximum atomic E-state index is 11.8. The summed E-state index contributed by atoms with van der Waals surface area (Å²) < 4.78 is 23.5. The van der Waals surface area contributed by atoms with E-state index < -0.39 is 9.84 Å². The van der Waals surface area contributed by atoms with Crippen LogP contribution in [0.2, 0.25) is 0 Å². The minimum atomic E-state index is -2.88. The van der Waals surface area contributed by atoms with Crippen LogP contribution >= 0.6 is 0 Å². The number of sulfone groups is 1. The topological polar surface area (TPSA) is 62.3 Å². The highest BCUT2D eigenvalue weighted by molar-refractivity contribution is 7.91. The number of hydrogen-bond acceptors (Lipinski definition) is 5. The van der Waals surface area contributed by atoms with E-state index in [0.29, 0.717) is 18.7 Å². The molecule has 1 aromatic rings. The van der Waals surface area contributed by atoms with Crippen LogP contribution in [0.15, 0.2) is 12.3 Å². The van der Waals surface area contributed by atoms with Gasteiger partial charge in [-0.15, -0.1) is 0 Å². The van der Waals surface area contributed by atoms with Crippen LogP contribution in [0, 0.1) is 6.92 Å². The first-order valence-electron chi connectivity index (χ1n) is 7.63. The van der Waals surface area contributed by atoms with Crippen LogP contribution in [0.25, 0.3) is 0 Å². The molecule has 1 N–H and O–H groups in total. The monoisotopic (exact) mass is 311 g/mol. The third-order valence-electron chi connectivity index (χ3n) is 3.74. The largest absolute Gasteiger partial charge is 0.370 e. The highest BCUT2D eigenvalue weighted by atomic mass is 32.2. The molecule has 0 bridgehead atoms. The lowest BCUT2D eigenvalue weighted by Crippen LogP contribution is -2.29. The van der Waals surface area contributed by atoms with Gasteiger partial charge >= 0.3 is 0 Å². The van der Waals surface area contributed by atoms with Crippen LogP contribution < -0.4 is 10.2 Å². The molecule has 6 heteroatoms. The van der Waals surface area contributed by atoms with Crippen LogP contribution in [0.4, 0.5) is 5.69 Å². The summed E-state index contributed by atoms with van der Waals surface area (Å²) in [7, 11) is -2.88. The first kappa shape index (κ1) is 16.2. The molecule has 1 aliphatic rings. The fourth-order valence-corrected chi connectivity index (χ4v) is 3.86. The van der Waals surface area contributed by atoms with E-state index in [2.05, 4.69) is 28.2 Å². The Morgan fingerprint density at radius 1 is 1.33 bits per heavy atom. The molecule has 1 aromatic heterocycles. The van der Waals surface area contributed by atoms with Crippen LogP contribution in [-0.2, 0) is 16.4 Å². The Kier molecular flexibility index (Phi) is 5.58. The van der Waals surface area contributed by atoms with Gasteiger partial charge in [0.15, 0.2) is 9.84 Å². The molecule has 0 amide bonds. The van der Waals surface area contributed by atoms with Gasteiger partial charge in [-0.05, 0) is 32.4 Å². The number of rotatable bonds is 5. The van der Waals surface area contributed by atoms with Crippen molar-refractivity contribution >= 4 is 15.5 Å². The Morgan fingerprint density at radius 3 is 2.90 bits per heavy atom. The standard InChI is InChI=1S/C15H25N3O2S/c1-3-5-16-11-14-12-17-13(2)10-15(14)18-6-4-8-21(19,20)9-7-18/h10,12,16H,3-9,11H2,1-2H3. The Morgan fingerprint density at radius 2 is 2.14 bits per heavy atom. The second-order valence-corrected chi connectivity index (χ2v) is 7.93. The van der Waals surface area contributed by atoms with E-state index in [-0.39, 0.29) is 5.75 Å². The smallest absolute Gasteiger partial charge is 0.152 e. The van der Waals surface area contributed by atoms with Crippen LogP contribution in [0.5, 0.6) is 0 Å². The Hall–Kier alpha value is -1.14. The Balaban J connectivity index is 2.18. The first-order chi connectivity index (χ1) is 10.0. The summed E-state index contributed by atoms with van der Waals surface area (Å²) in [6.45, 7) is 7.24. The van der Waals surface area contributed by atoms with Gasteiger partial charge in [0.1, 0.15) is 0 Å². The molecule has 0 spiro atoms. The first-order valence-corrected chi connectivity index (χ1v) is 9.45. The van der Waals surface area contributed by atoms with E-state index in [1.807, 2.05) is 13.1 Å². The molecule has 0 atom stereocenters. The summed E-state index contributed by atoms with van der Waals surface area (Å²) >= 11 is 0. The number of aryl methyl sites for hydroxylation is 1. The summed E-state index contributed by atoms with van der Waals surface area (Å²) in [6.07, 6.45) is 3.70. The molecular formula is C15H25N3O2S. The van der Waals surface area contributed by atoms with E-state index in [1.54, 1.807) is 0 Å². The van der Waals surface area contributed by atoms with Crippen molar-refractivity contribution in [2.24, 2.45) is 0 Å². The summed E-state index contributed by atoms with van der Waals surface area (Å²) in [5.74, 6) is 0.549. The van der Waals surface area contributed by atoms with E-state index in [0.717, 1.165) is 43.0 Å². The number of nitrogens with one attached hydrogen (secondary N) is 1. The predicted octanol–water partition coefficient (Wildman–Crippen LogP) is 1.51. The van der Waals surface area contributed by atoms with Crippen LogP contribution in [0.1, 0.15) is 31.0 Å². The third-order valence-corrected chi connectivity index (χ3v) is 5.45. The zero-order valence-corrected chi connectivity index (χ0v) is 13.7. The summed E-state index contributed by atoms with van der Waals surface area (Å²) in [5.41, 5.74) is 3.24. The van der Waals surface area contributed by atoms with Gasteiger partial charge in [0.25, 0.3) is 0 Å². The van der Waals surface area contributed by atoms with E-state index in [1.165, 1.54) is 0 Å². The highest BCUT2D eigenvalue weighted by Gasteiger charge is 2.21. The van der Waals surface area contributed by atoms with Gasteiger partial charge in [-0.1, -0.05) is 6.92 Å². The second-order valence-electron chi connectivity index (χ2n) is 5.62. The zero-order valence-electron chi connectivity index (χ0n) is 12.9. The molecule has 0 saturated carbocycles. The fourth-order valence-electron chi connectivity index (χ4n) is 2.58. The molecule has 0 aromatic carbocycles. The lowest BCUT2D eigenvalue weighted by atomic mass is 10.1. The van der Waals surface area contributed by atoms with Gasteiger partial charge in [-0.2, -0.15) is 0 Å². The van der Waals surface area contributed by atoms with Crippen LogP contribution in [0.3, 0.4) is 0 Å². The molecule has 21 heavy (non-hydrogen) atoms. The maximum absolute atomic E-state index is 11.8. The molecule has 1 fully saturated rings. The van der Waals surface area contributed by atoms with Gasteiger partial charge < -0.3 is 10.2 Å². The number of nitrogens with zero attached hydrogens (tertiary/aromatic N) is 2. The Bertz CT molecular complexity index is 572. The Labute approximate surface area is 127 Å². The lowest BCUT2D eigenvalue weighted by Gasteiger charge is -2.25. The molecule has 0 radical (unpaired) electrons. The molecule has 5 nitrogen and oxygen atoms in total. The fraction of sp³-hybridized carbons (Fsp3) is 0.667. The van der Waals surface area contributed by atoms with E-state index in [4.69, 9.17) is 0 Å². The van der Waals surface area contributed by atoms with Gasteiger partial charge in [0.05, 0.1) is 11.5 Å². The molecule has 2 rings (SSSR count). The SMILES string of the molecule is CCCNCc1cnc(C)cc1N1CCCS(=O)(=O)CC1. The summed E-state index contributed by atoms with van der Waals surface area (Å²) in [6, 6.07) is 2.07. The molecule has 118 valence electrons. The van der Waals surface area contributed by atoms with Crippen molar-refractivity contribution in [2.45, 2.75) is 33.2 Å². The number of aromatic nitrogens is 1. The van der Waals surface area contributed by atoms with Gasteiger partial charge in [0.2, 0.25) is 0 Å². The van der Waals surface area contributed by atoms with Crippen molar-refractivity contribution in [3.63, 3.8) is 0 Å². The molecule has 0 unspecified atom stereocenters. The number of anilines is 1. The molecular weight excluding hydrogens is 286 g/mol. The van der Waals surface area contributed by atoms with Crippen molar-refractivity contribution in [2.75, 3.05) is 36.0 Å². The lowest BCUT2D eigenvalue weighted by molar-refractivity contribution is 0.597. The highest BCUT2D eigenvalue weighted by Crippen LogP contribution is 2.23. The van der Waals surface area contributed by atoms with Crippen molar-refractivity contribution in [1.29, 1.82) is 0 Å². The number of hydrogen-bond donors (Lipinski definition) is 1. The minimum absolute atomic E-state index is 0.246. The zero-order chi connectivity index (χ0) is 15.3. The number of pyridine rings is 1. The van der Waals surface area contributed by atoms with Crippen molar-refractivity contribution < 1.29 is 8.42 Å². The summed E-state index contributed by atoms with van der Waals surface area (Å²) in [4.78, 5) is 6.58. The van der Waals surface area contributed by atoms with Crippen molar-refractivity contribution in [3.8, 4) is 0 Å². The van der Waals surface area contributed by atoms with E-state index >= 15 is 0 Å². The minimum Gasteiger partial charge on any atom is -0.370 e. The third kappa shape index (κ3) is 4.68. The predicted molar refractivity (Wildman–Crippen MR) is 86.5 cm³/mol. The quantitative estimate of drug-likeness (QED) is 0.835.